The summed E-state index contributed by atoms with van der Waals surface area (Å²) < 4.78 is 0. The third-order valence-corrected chi connectivity index (χ3v) is 7.02. The molecule has 3 aromatic carbocycles. The zero-order valence-corrected chi connectivity index (χ0v) is 22.1. The second kappa shape index (κ2) is 13.4. The number of hydrogen-bond acceptors (Lipinski definition) is 4. The number of benzene rings is 3. The lowest BCUT2D eigenvalue weighted by atomic mass is 9.93. The van der Waals surface area contributed by atoms with Crippen molar-refractivity contribution in [3.8, 4) is 0 Å². The first kappa shape index (κ1) is 26.9. The molecule has 0 saturated heterocycles. The third-order valence-electron chi connectivity index (χ3n) is 5.11. The van der Waals surface area contributed by atoms with Gasteiger partial charge in [-0.15, -0.1) is 11.8 Å². The van der Waals surface area contributed by atoms with Crippen molar-refractivity contribution in [3.63, 3.8) is 0 Å². The molecular formula is C28H23Cl2NO2S2. The fourth-order valence-corrected chi connectivity index (χ4v) is 4.64. The molecule has 3 rings (SSSR count). The second-order valence-corrected chi connectivity index (χ2v) is 9.69. The number of carbonyl (C=O) groups excluding carboxylic acids is 2. The molecule has 0 aliphatic heterocycles. The summed E-state index contributed by atoms with van der Waals surface area (Å²) in [7, 11) is 1.59. The van der Waals surface area contributed by atoms with Crippen LogP contribution in [0.4, 0.5) is 0 Å². The highest BCUT2D eigenvalue weighted by molar-refractivity contribution is 8.05. The molecule has 0 aromatic heterocycles. The maximum Gasteiger partial charge on any atom is 0.258 e. The number of amides is 1. The maximum absolute atomic E-state index is 13.2. The summed E-state index contributed by atoms with van der Waals surface area (Å²) in [4.78, 5) is 26.6. The molecule has 0 unspecified atom stereocenters. The third kappa shape index (κ3) is 7.64. The van der Waals surface area contributed by atoms with Crippen molar-refractivity contribution in [3.05, 3.63) is 117 Å². The number of ketones is 1. The zero-order chi connectivity index (χ0) is 25.2. The number of halogens is 2. The van der Waals surface area contributed by atoms with Crippen molar-refractivity contribution < 1.29 is 9.59 Å². The Morgan fingerprint density at radius 3 is 1.97 bits per heavy atom. The Morgan fingerprint density at radius 2 is 1.43 bits per heavy atom. The van der Waals surface area contributed by atoms with Crippen molar-refractivity contribution in [1.29, 1.82) is 0 Å². The van der Waals surface area contributed by atoms with Crippen molar-refractivity contribution in [2.24, 2.45) is 0 Å². The fraction of sp³-hybridized carbons (Fsp3) is 0.107. The van der Waals surface area contributed by atoms with Gasteiger partial charge in [0.25, 0.3) is 5.91 Å². The molecule has 0 aliphatic rings. The van der Waals surface area contributed by atoms with Gasteiger partial charge in [-0.05, 0) is 64.5 Å². The van der Waals surface area contributed by atoms with Crippen LogP contribution in [-0.4, -0.2) is 29.9 Å². The predicted octanol–water partition coefficient (Wildman–Crippen LogP) is 7.54. The first-order valence-electron chi connectivity index (χ1n) is 10.8. The maximum atomic E-state index is 13.2. The molecule has 0 spiro atoms. The van der Waals surface area contributed by atoms with Gasteiger partial charge in [0.1, 0.15) is 0 Å². The predicted molar refractivity (Wildman–Crippen MR) is 153 cm³/mol. The molecule has 0 radical (unpaired) electrons. The van der Waals surface area contributed by atoms with E-state index in [1.54, 1.807) is 48.8 Å². The van der Waals surface area contributed by atoms with Crippen molar-refractivity contribution >= 4 is 75.4 Å². The van der Waals surface area contributed by atoms with Crippen molar-refractivity contribution in [2.75, 3.05) is 12.8 Å². The number of nitrogens with one attached hydrogen (secondary N) is 1. The normalized spacial score (nSPS) is 12.0. The Hall–Kier alpha value is -2.70. The number of thiocarbonyl (C=S) groups is 1. The lowest BCUT2D eigenvalue weighted by molar-refractivity contribution is -0.116. The largest absolute Gasteiger partial charge is 0.355 e. The second-order valence-electron chi connectivity index (χ2n) is 7.45. The van der Waals surface area contributed by atoms with E-state index in [2.05, 4.69) is 5.32 Å². The minimum Gasteiger partial charge on any atom is -0.355 e. The molecule has 7 heteroatoms. The van der Waals surface area contributed by atoms with Gasteiger partial charge >= 0.3 is 0 Å². The van der Waals surface area contributed by atoms with Crippen molar-refractivity contribution in [2.45, 2.75) is 6.42 Å². The van der Waals surface area contributed by atoms with Crippen LogP contribution in [0.5, 0.6) is 0 Å². The summed E-state index contributed by atoms with van der Waals surface area (Å²) in [5.74, 6) is 0.192. The molecule has 3 nitrogen and oxygen atoms in total. The van der Waals surface area contributed by atoms with Crippen LogP contribution in [0, 0.1) is 0 Å². The summed E-state index contributed by atoms with van der Waals surface area (Å²) in [6.07, 6.45) is 2.05. The average Bonchev–Trinajstić information content (AvgIpc) is 2.88. The highest BCUT2D eigenvalue weighted by Gasteiger charge is 2.18. The zero-order valence-electron chi connectivity index (χ0n) is 19.0. The van der Waals surface area contributed by atoms with Gasteiger partial charge in [0.05, 0.1) is 4.91 Å². The number of hydrogen-bond donors (Lipinski definition) is 1. The number of rotatable bonds is 10. The Morgan fingerprint density at radius 1 is 0.857 bits per heavy atom. The smallest absolute Gasteiger partial charge is 0.258 e. The van der Waals surface area contributed by atoms with Gasteiger partial charge in [-0.2, -0.15) is 0 Å². The van der Waals surface area contributed by atoms with Gasteiger partial charge in [0.2, 0.25) is 0 Å². The first-order valence-corrected chi connectivity index (χ1v) is 13.0. The van der Waals surface area contributed by atoms with E-state index in [0.717, 1.165) is 16.7 Å². The van der Waals surface area contributed by atoms with Gasteiger partial charge in [0.15, 0.2) is 5.78 Å². The Labute approximate surface area is 225 Å². The van der Waals surface area contributed by atoms with Gasteiger partial charge in [0, 0.05) is 40.4 Å². The first-order chi connectivity index (χ1) is 16.9. The minimum absolute atomic E-state index is 0.0553. The van der Waals surface area contributed by atoms with Crippen LogP contribution >= 0.6 is 47.2 Å². The lowest BCUT2D eigenvalue weighted by Gasteiger charge is -2.15. The van der Waals surface area contributed by atoms with E-state index in [1.165, 1.54) is 11.8 Å². The van der Waals surface area contributed by atoms with Crippen LogP contribution in [0.1, 0.15) is 27.9 Å². The molecule has 35 heavy (non-hydrogen) atoms. The Balaban J connectivity index is 2.19. The number of allylic oxidation sites excluding steroid dienone is 3. The van der Waals surface area contributed by atoms with E-state index in [0.29, 0.717) is 31.8 Å². The summed E-state index contributed by atoms with van der Waals surface area (Å²) in [6.45, 7) is 0. The molecule has 0 atom stereocenters. The Bertz CT molecular complexity index is 1250. The van der Waals surface area contributed by atoms with E-state index < -0.39 is 0 Å². The van der Waals surface area contributed by atoms with E-state index in [9.17, 15) is 9.59 Å². The van der Waals surface area contributed by atoms with Gasteiger partial charge in [-0.3, -0.25) is 9.59 Å². The molecule has 3 aromatic rings. The fourth-order valence-electron chi connectivity index (χ4n) is 3.38. The molecule has 0 aliphatic carbocycles. The van der Waals surface area contributed by atoms with E-state index in [4.69, 9.17) is 35.4 Å². The molecule has 1 N–H and O–H groups in total. The summed E-state index contributed by atoms with van der Waals surface area (Å²) in [5, 5.41) is 5.46. The van der Waals surface area contributed by atoms with Crippen LogP contribution in [-0.2, 0) is 4.79 Å². The minimum atomic E-state index is -0.232. The van der Waals surface area contributed by atoms with Crippen LogP contribution < -0.4 is 5.32 Å². The molecule has 1 amide bonds. The molecular weight excluding hydrogens is 517 g/mol. The molecule has 0 fully saturated rings. The lowest BCUT2D eigenvalue weighted by Crippen LogP contribution is -2.20. The van der Waals surface area contributed by atoms with E-state index in [1.807, 2.05) is 48.5 Å². The van der Waals surface area contributed by atoms with E-state index in [-0.39, 0.29) is 18.1 Å². The number of carbonyl (C=O) groups is 2. The van der Waals surface area contributed by atoms with Gasteiger partial charge in [-0.1, -0.05) is 77.9 Å². The summed E-state index contributed by atoms with van der Waals surface area (Å²) >= 11 is 18.5. The van der Waals surface area contributed by atoms with Gasteiger partial charge < -0.3 is 5.32 Å². The summed E-state index contributed by atoms with van der Waals surface area (Å²) in [5.41, 5.74) is 3.72. The summed E-state index contributed by atoms with van der Waals surface area (Å²) in [6, 6.07) is 23.8. The van der Waals surface area contributed by atoms with Gasteiger partial charge in [-0.25, -0.2) is 0 Å². The highest BCUT2D eigenvalue weighted by atomic mass is 35.5. The topological polar surface area (TPSA) is 46.2 Å². The standard InChI is InChI=1S/C28H23Cl2NO2S2/c1-31-28(33)27(35-16-15-34)25(20-7-11-23(29)12-8-20)17-22(19-5-3-2-4-6-19)18-26(32)21-9-13-24(30)14-10-21/h2-15,17H,16,18H2,1H3,(H,31,33)/b22-17+,27-25-. The van der Waals surface area contributed by atoms with Crippen LogP contribution in [0.25, 0.3) is 11.1 Å². The number of likely N-dealkylation sites (N-methyl/N-ethyl adjacent to an activating group) is 1. The highest BCUT2D eigenvalue weighted by Crippen LogP contribution is 2.33. The van der Waals surface area contributed by atoms with Crippen molar-refractivity contribution in [1.82, 2.24) is 5.32 Å². The SMILES string of the molecule is CNC(=O)/C(SCC=S)=C(\C=C(/CC(=O)c1ccc(Cl)cc1)c1ccccc1)c1ccc(Cl)cc1. The van der Waals surface area contributed by atoms with Crippen LogP contribution in [0.15, 0.2) is 89.8 Å². The molecule has 0 bridgehead atoms. The van der Waals surface area contributed by atoms with E-state index >= 15 is 0 Å². The molecule has 0 heterocycles. The quantitative estimate of drug-likeness (QED) is 0.125. The number of thioether (sulfide) groups is 1. The molecule has 0 saturated carbocycles. The van der Waals surface area contributed by atoms with Crippen LogP contribution in [0.3, 0.4) is 0 Å². The average molecular weight is 541 g/mol. The monoisotopic (exact) mass is 539 g/mol. The number of Topliss-reactive ketones (excluding diaryl/α,β-unsaturated/α-hetero) is 1. The van der Waals surface area contributed by atoms with Crippen LogP contribution in [0.2, 0.25) is 10.0 Å². The Kier molecular flexibility index (Phi) is 10.3. The molecule has 178 valence electrons.